The molecule has 0 radical (unpaired) electrons. The summed E-state index contributed by atoms with van der Waals surface area (Å²) >= 11 is 2.45. The quantitative estimate of drug-likeness (QED) is 0.374. The molecule has 0 saturated heterocycles. The molecule has 0 heterocycles. The molecular formula is C26H27I. The molecule has 2 aliphatic rings. The Morgan fingerprint density at radius 3 is 2.56 bits per heavy atom. The number of fused-ring (bicyclic) bond motifs is 2. The summed E-state index contributed by atoms with van der Waals surface area (Å²) in [6.07, 6.45) is 16.1. The van der Waals surface area contributed by atoms with Crippen LogP contribution in [0, 0.1) is 20.8 Å². The van der Waals surface area contributed by atoms with Crippen molar-refractivity contribution in [2.75, 3.05) is 0 Å². The zero-order chi connectivity index (χ0) is 19.0. The third-order valence-corrected chi connectivity index (χ3v) is 7.60. The standard InChI is InChI=1S/C26H27I/c1-18-9-5-4-6-10-19-13-14-20(17-24(19)26(18,2)3)21-15-16-25(27)23-12-8-7-11-22(21)23/h4-9,11-16,18,24H,10,17H2,1-3H3/b6-4-,9-5-. The van der Waals surface area contributed by atoms with Crippen LogP contribution in [0.1, 0.15) is 39.2 Å². The zero-order valence-electron chi connectivity index (χ0n) is 16.4. The molecule has 2 aromatic rings. The van der Waals surface area contributed by atoms with Gasteiger partial charge in [-0.25, -0.2) is 0 Å². The Kier molecular flexibility index (Phi) is 5.15. The van der Waals surface area contributed by atoms with E-state index in [-0.39, 0.29) is 5.41 Å². The fourth-order valence-corrected chi connectivity index (χ4v) is 5.17. The van der Waals surface area contributed by atoms with Crippen LogP contribution in [0.3, 0.4) is 0 Å². The maximum absolute atomic E-state index is 2.45. The molecule has 138 valence electrons. The van der Waals surface area contributed by atoms with Crippen molar-refractivity contribution in [1.29, 1.82) is 0 Å². The molecule has 2 aromatic carbocycles. The second kappa shape index (κ2) is 7.43. The third-order valence-electron chi connectivity index (χ3n) is 6.66. The summed E-state index contributed by atoms with van der Waals surface area (Å²) in [5, 5.41) is 2.74. The van der Waals surface area contributed by atoms with Crippen molar-refractivity contribution in [3.8, 4) is 0 Å². The average Bonchev–Trinajstić information content (AvgIpc) is 2.72. The van der Waals surface area contributed by atoms with E-state index in [9.17, 15) is 0 Å². The summed E-state index contributed by atoms with van der Waals surface area (Å²) < 4.78 is 1.33. The first-order chi connectivity index (χ1) is 13.0. The van der Waals surface area contributed by atoms with Crippen molar-refractivity contribution in [2.45, 2.75) is 33.6 Å². The average molecular weight is 466 g/mol. The van der Waals surface area contributed by atoms with Crippen molar-refractivity contribution in [1.82, 2.24) is 0 Å². The van der Waals surface area contributed by atoms with Crippen LogP contribution in [-0.4, -0.2) is 0 Å². The molecular weight excluding hydrogens is 439 g/mol. The van der Waals surface area contributed by atoms with Gasteiger partial charge in [0, 0.05) is 3.57 Å². The molecule has 0 amide bonds. The van der Waals surface area contributed by atoms with Gasteiger partial charge in [0.05, 0.1) is 0 Å². The molecule has 0 spiro atoms. The lowest BCUT2D eigenvalue weighted by Gasteiger charge is -2.41. The third kappa shape index (κ3) is 3.47. The zero-order valence-corrected chi connectivity index (χ0v) is 18.5. The van der Waals surface area contributed by atoms with Crippen molar-refractivity contribution in [2.24, 2.45) is 17.3 Å². The van der Waals surface area contributed by atoms with Gasteiger partial charge in [0.25, 0.3) is 0 Å². The number of allylic oxidation sites excluding steroid dienone is 8. The summed E-state index contributed by atoms with van der Waals surface area (Å²) in [5.74, 6) is 1.11. The lowest BCUT2D eigenvalue weighted by Crippen LogP contribution is -2.32. The Morgan fingerprint density at radius 2 is 1.74 bits per heavy atom. The highest BCUT2D eigenvalue weighted by Crippen LogP contribution is 2.48. The molecule has 0 aromatic heterocycles. The predicted octanol–water partition coefficient (Wildman–Crippen LogP) is 7.95. The van der Waals surface area contributed by atoms with Gasteiger partial charge in [-0.15, -0.1) is 0 Å². The predicted molar refractivity (Wildman–Crippen MR) is 127 cm³/mol. The van der Waals surface area contributed by atoms with Crippen LogP contribution in [0.25, 0.3) is 16.3 Å². The first kappa shape index (κ1) is 18.7. The van der Waals surface area contributed by atoms with Crippen LogP contribution in [0.4, 0.5) is 0 Å². The Labute approximate surface area is 176 Å². The Bertz CT molecular complexity index is 984. The maximum Gasteiger partial charge on any atom is 0.0209 e. The number of halogens is 1. The number of hydrogen-bond donors (Lipinski definition) is 0. The maximum atomic E-state index is 2.45. The van der Waals surface area contributed by atoms with E-state index in [0.29, 0.717) is 11.8 Å². The fourth-order valence-electron chi connectivity index (χ4n) is 4.51. The van der Waals surface area contributed by atoms with E-state index < -0.39 is 0 Å². The summed E-state index contributed by atoms with van der Waals surface area (Å²) in [5.41, 5.74) is 4.68. The SMILES string of the molecule is CC1/C=C\C=C/CC2=CC=C(c3ccc(I)c4ccccc34)CC2C1(C)C. The molecule has 27 heavy (non-hydrogen) atoms. The summed E-state index contributed by atoms with van der Waals surface area (Å²) in [6, 6.07) is 13.4. The minimum absolute atomic E-state index is 0.229. The fraction of sp³-hybridized carbons (Fsp3) is 0.308. The number of rotatable bonds is 1. The minimum atomic E-state index is 0.229. The second-order valence-corrected chi connectivity index (χ2v) is 9.62. The molecule has 2 atom stereocenters. The van der Waals surface area contributed by atoms with Gasteiger partial charge in [0.2, 0.25) is 0 Å². The van der Waals surface area contributed by atoms with Gasteiger partial charge < -0.3 is 0 Å². The van der Waals surface area contributed by atoms with Crippen LogP contribution in [0.2, 0.25) is 0 Å². The summed E-state index contributed by atoms with van der Waals surface area (Å²) in [4.78, 5) is 0. The highest BCUT2D eigenvalue weighted by Gasteiger charge is 2.37. The molecule has 0 fully saturated rings. The Morgan fingerprint density at radius 1 is 0.963 bits per heavy atom. The molecule has 2 unspecified atom stereocenters. The molecule has 2 aliphatic carbocycles. The Balaban J connectivity index is 1.81. The summed E-state index contributed by atoms with van der Waals surface area (Å²) in [6.45, 7) is 7.26. The van der Waals surface area contributed by atoms with Gasteiger partial charge in [-0.05, 0) is 80.7 Å². The molecule has 0 saturated carbocycles. The lowest BCUT2D eigenvalue weighted by atomic mass is 9.63. The normalized spacial score (nSPS) is 26.8. The Hall–Kier alpha value is -1.61. The van der Waals surface area contributed by atoms with E-state index in [2.05, 4.69) is 116 Å². The van der Waals surface area contributed by atoms with Gasteiger partial charge in [-0.1, -0.05) is 93.1 Å². The molecule has 4 rings (SSSR count). The van der Waals surface area contributed by atoms with Crippen molar-refractivity contribution in [3.05, 3.63) is 87.6 Å². The van der Waals surface area contributed by atoms with Gasteiger partial charge in [0.15, 0.2) is 0 Å². The van der Waals surface area contributed by atoms with E-state index in [4.69, 9.17) is 0 Å². The van der Waals surface area contributed by atoms with Crippen LogP contribution >= 0.6 is 22.6 Å². The largest absolute Gasteiger partial charge is 0.0812 e. The number of hydrogen-bond acceptors (Lipinski definition) is 0. The van der Waals surface area contributed by atoms with Crippen molar-refractivity contribution >= 4 is 38.9 Å². The van der Waals surface area contributed by atoms with Gasteiger partial charge >= 0.3 is 0 Å². The van der Waals surface area contributed by atoms with Crippen molar-refractivity contribution < 1.29 is 0 Å². The van der Waals surface area contributed by atoms with E-state index >= 15 is 0 Å². The first-order valence-corrected chi connectivity index (χ1v) is 11.0. The monoisotopic (exact) mass is 466 g/mol. The molecule has 1 heteroatoms. The van der Waals surface area contributed by atoms with Gasteiger partial charge in [-0.3, -0.25) is 0 Å². The van der Waals surface area contributed by atoms with Gasteiger partial charge in [0.1, 0.15) is 0 Å². The highest BCUT2D eigenvalue weighted by molar-refractivity contribution is 14.1. The first-order valence-electron chi connectivity index (χ1n) is 9.89. The molecule has 0 bridgehead atoms. The molecule has 0 nitrogen and oxygen atoms in total. The van der Waals surface area contributed by atoms with E-state index in [1.807, 2.05) is 0 Å². The van der Waals surface area contributed by atoms with Crippen LogP contribution < -0.4 is 0 Å². The van der Waals surface area contributed by atoms with Gasteiger partial charge in [-0.2, -0.15) is 0 Å². The number of benzene rings is 2. The topological polar surface area (TPSA) is 0 Å². The minimum Gasteiger partial charge on any atom is -0.0812 e. The van der Waals surface area contributed by atoms with E-state index in [1.165, 1.54) is 25.5 Å². The van der Waals surface area contributed by atoms with E-state index in [0.717, 1.165) is 12.8 Å². The lowest BCUT2D eigenvalue weighted by molar-refractivity contribution is 0.184. The van der Waals surface area contributed by atoms with Crippen molar-refractivity contribution in [3.63, 3.8) is 0 Å². The smallest absolute Gasteiger partial charge is 0.0209 e. The summed E-state index contributed by atoms with van der Waals surface area (Å²) in [7, 11) is 0. The second-order valence-electron chi connectivity index (χ2n) is 8.46. The van der Waals surface area contributed by atoms with Crippen LogP contribution in [-0.2, 0) is 0 Å². The molecule has 0 N–H and O–H groups in total. The van der Waals surface area contributed by atoms with Crippen LogP contribution in [0.15, 0.2) is 78.4 Å². The highest BCUT2D eigenvalue weighted by atomic mass is 127. The van der Waals surface area contributed by atoms with E-state index in [1.54, 1.807) is 5.57 Å². The molecule has 0 aliphatic heterocycles. The van der Waals surface area contributed by atoms with Crippen LogP contribution in [0.5, 0.6) is 0 Å².